The quantitative estimate of drug-likeness (QED) is 0.570. The third-order valence-corrected chi connectivity index (χ3v) is 6.99. The summed E-state index contributed by atoms with van der Waals surface area (Å²) in [6.45, 7) is 7.84. The Kier molecular flexibility index (Phi) is 7.43. The van der Waals surface area contributed by atoms with Gasteiger partial charge < -0.3 is 20.1 Å². The molecule has 1 aliphatic rings. The molecule has 9 heteroatoms. The molecule has 1 aliphatic heterocycles. The molecule has 0 saturated carbocycles. The Balaban J connectivity index is 2.07. The van der Waals surface area contributed by atoms with E-state index in [0.29, 0.717) is 17.9 Å². The molecule has 0 unspecified atom stereocenters. The average molecular weight is 473 g/mol. The summed E-state index contributed by atoms with van der Waals surface area (Å²) in [5, 5.41) is 5.22. The lowest BCUT2D eigenvalue weighted by Gasteiger charge is -2.29. The Hall–Kier alpha value is -3.33. The van der Waals surface area contributed by atoms with Crippen LogP contribution in [0.25, 0.3) is 0 Å². The van der Waals surface area contributed by atoms with Gasteiger partial charge >= 0.3 is 12.0 Å². The molecule has 0 aromatic heterocycles. The first-order valence-electron chi connectivity index (χ1n) is 10.7. The van der Waals surface area contributed by atoms with E-state index in [-0.39, 0.29) is 22.8 Å². The number of ether oxygens (including phenoxy) is 2. The van der Waals surface area contributed by atoms with Gasteiger partial charge in [0.25, 0.3) is 0 Å². The summed E-state index contributed by atoms with van der Waals surface area (Å²) < 4.78 is 37.0. The average Bonchev–Trinajstić information content (AvgIpc) is 2.75. The van der Waals surface area contributed by atoms with E-state index in [1.54, 1.807) is 43.3 Å². The van der Waals surface area contributed by atoms with Gasteiger partial charge in [-0.15, -0.1) is 0 Å². The van der Waals surface area contributed by atoms with E-state index in [9.17, 15) is 18.0 Å². The smallest absolute Gasteiger partial charge is 0.338 e. The Morgan fingerprint density at radius 3 is 2.30 bits per heavy atom. The minimum Gasteiger partial charge on any atom is -0.494 e. The fourth-order valence-corrected chi connectivity index (χ4v) is 4.94. The maximum atomic E-state index is 13.2. The lowest BCUT2D eigenvalue weighted by molar-refractivity contribution is -0.139. The fraction of sp³-hybridized carbons (Fsp3) is 0.333. The molecule has 0 spiro atoms. The van der Waals surface area contributed by atoms with Gasteiger partial charge in [0, 0.05) is 5.70 Å². The zero-order valence-corrected chi connectivity index (χ0v) is 19.9. The predicted octanol–water partition coefficient (Wildman–Crippen LogP) is 3.35. The highest BCUT2D eigenvalue weighted by molar-refractivity contribution is 7.91. The molecule has 0 bridgehead atoms. The number of rotatable bonds is 8. The zero-order valence-electron chi connectivity index (χ0n) is 19.1. The standard InChI is InChI=1S/C24H28N2O6S/c1-5-31-18-10-8-17(9-11-18)22-21(23(27)32-6-2)20(25-24(28)26-22)14-33(29,30)19-12-7-15(3)16(4)13-19/h7-13,22H,5-6,14H2,1-4H3,(H2,25,26,28)/t22-/m0/s1. The first kappa shape index (κ1) is 24.3. The first-order chi connectivity index (χ1) is 15.7. The van der Waals surface area contributed by atoms with Gasteiger partial charge in [0.05, 0.1) is 35.5 Å². The highest BCUT2D eigenvalue weighted by Crippen LogP contribution is 2.30. The van der Waals surface area contributed by atoms with Gasteiger partial charge in [0.15, 0.2) is 9.84 Å². The van der Waals surface area contributed by atoms with Crippen LogP contribution in [0.1, 0.15) is 36.6 Å². The number of hydrogen-bond donors (Lipinski definition) is 2. The molecule has 176 valence electrons. The van der Waals surface area contributed by atoms with Crippen LogP contribution in [0.4, 0.5) is 4.79 Å². The molecular weight excluding hydrogens is 444 g/mol. The lowest BCUT2D eigenvalue weighted by Crippen LogP contribution is -2.47. The number of aryl methyl sites for hydroxylation is 2. The second kappa shape index (κ2) is 10.1. The van der Waals surface area contributed by atoms with Crippen molar-refractivity contribution in [3.63, 3.8) is 0 Å². The number of amides is 2. The number of esters is 1. The molecule has 0 saturated heterocycles. The van der Waals surface area contributed by atoms with Crippen molar-refractivity contribution < 1.29 is 27.5 Å². The largest absolute Gasteiger partial charge is 0.494 e. The van der Waals surface area contributed by atoms with Crippen molar-refractivity contribution in [3.05, 3.63) is 70.4 Å². The third-order valence-electron chi connectivity index (χ3n) is 5.35. The molecule has 3 rings (SSSR count). The number of sulfone groups is 1. The topological polar surface area (TPSA) is 111 Å². The Morgan fingerprint density at radius 1 is 1.00 bits per heavy atom. The number of nitrogens with one attached hydrogen (secondary N) is 2. The lowest BCUT2D eigenvalue weighted by atomic mass is 9.95. The van der Waals surface area contributed by atoms with Crippen LogP contribution < -0.4 is 15.4 Å². The summed E-state index contributed by atoms with van der Waals surface area (Å²) >= 11 is 0. The fourth-order valence-electron chi connectivity index (χ4n) is 3.54. The van der Waals surface area contributed by atoms with Crippen LogP contribution in [0, 0.1) is 13.8 Å². The predicted molar refractivity (Wildman–Crippen MR) is 124 cm³/mol. The second-order valence-electron chi connectivity index (χ2n) is 7.65. The van der Waals surface area contributed by atoms with Crippen LogP contribution in [0.2, 0.25) is 0 Å². The van der Waals surface area contributed by atoms with Crippen molar-refractivity contribution in [1.29, 1.82) is 0 Å². The van der Waals surface area contributed by atoms with Gasteiger partial charge in [-0.1, -0.05) is 18.2 Å². The van der Waals surface area contributed by atoms with E-state index in [1.165, 1.54) is 6.07 Å². The molecular formula is C24H28N2O6S. The molecule has 2 aromatic carbocycles. The monoisotopic (exact) mass is 472 g/mol. The Labute approximate surface area is 193 Å². The number of carbonyl (C=O) groups excluding carboxylic acids is 2. The molecule has 2 amide bonds. The summed E-state index contributed by atoms with van der Waals surface area (Å²) in [6, 6.07) is 10.2. The molecule has 0 fully saturated rings. The van der Waals surface area contributed by atoms with Crippen LogP contribution >= 0.6 is 0 Å². The Morgan fingerprint density at radius 2 is 1.70 bits per heavy atom. The second-order valence-corrected chi connectivity index (χ2v) is 9.64. The molecule has 8 nitrogen and oxygen atoms in total. The summed E-state index contributed by atoms with van der Waals surface area (Å²) in [5.41, 5.74) is 2.43. The summed E-state index contributed by atoms with van der Waals surface area (Å²) in [5.74, 6) is -0.611. The van der Waals surface area contributed by atoms with Crippen LogP contribution in [0.5, 0.6) is 5.75 Å². The highest BCUT2D eigenvalue weighted by Gasteiger charge is 2.35. The van der Waals surface area contributed by atoms with E-state index in [1.807, 2.05) is 20.8 Å². The number of hydrogen-bond acceptors (Lipinski definition) is 6. The van der Waals surface area contributed by atoms with Gasteiger partial charge in [-0.05, 0) is 68.7 Å². The molecule has 0 aliphatic carbocycles. The molecule has 0 radical (unpaired) electrons. The van der Waals surface area contributed by atoms with Crippen molar-refractivity contribution in [2.24, 2.45) is 0 Å². The minimum atomic E-state index is -3.85. The van der Waals surface area contributed by atoms with Crippen LogP contribution in [0.3, 0.4) is 0 Å². The molecule has 33 heavy (non-hydrogen) atoms. The van der Waals surface area contributed by atoms with Crippen LogP contribution in [-0.4, -0.2) is 39.4 Å². The zero-order chi connectivity index (χ0) is 24.2. The van der Waals surface area contributed by atoms with E-state index < -0.39 is 33.6 Å². The highest BCUT2D eigenvalue weighted by atomic mass is 32.2. The SMILES string of the molecule is CCOC(=O)C1=C(CS(=O)(=O)c2ccc(C)c(C)c2)NC(=O)N[C@H]1c1ccc(OCC)cc1. The third kappa shape index (κ3) is 5.54. The van der Waals surface area contributed by atoms with Gasteiger partial charge in [-0.3, -0.25) is 0 Å². The van der Waals surface area contributed by atoms with Gasteiger partial charge in [0.1, 0.15) is 5.75 Å². The van der Waals surface area contributed by atoms with Crippen molar-refractivity contribution in [2.75, 3.05) is 19.0 Å². The molecule has 2 aromatic rings. The summed E-state index contributed by atoms with van der Waals surface area (Å²) in [4.78, 5) is 25.5. The van der Waals surface area contributed by atoms with Crippen LogP contribution in [-0.2, 0) is 19.4 Å². The maximum absolute atomic E-state index is 13.2. The van der Waals surface area contributed by atoms with Crippen molar-refractivity contribution in [3.8, 4) is 5.75 Å². The normalized spacial score (nSPS) is 16.1. The van der Waals surface area contributed by atoms with Gasteiger partial charge in [0.2, 0.25) is 0 Å². The van der Waals surface area contributed by atoms with Crippen molar-refractivity contribution in [1.82, 2.24) is 10.6 Å². The van der Waals surface area contributed by atoms with Gasteiger partial charge in [-0.2, -0.15) is 0 Å². The number of urea groups is 1. The molecule has 1 atom stereocenters. The van der Waals surface area contributed by atoms with E-state index in [0.717, 1.165) is 11.1 Å². The molecule has 1 heterocycles. The summed E-state index contributed by atoms with van der Waals surface area (Å²) in [7, 11) is -3.85. The van der Waals surface area contributed by atoms with E-state index in [4.69, 9.17) is 9.47 Å². The minimum absolute atomic E-state index is 0.00527. The molecule has 2 N–H and O–H groups in total. The number of benzene rings is 2. The van der Waals surface area contributed by atoms with Gasteiger partial charge in [-0.25, -0.2) is 18.0 Å². The van der Waals surface area contributed by atoms with E-state index >= 15 is 0 Å². The van der Waals surface area contributed by atoms with Crippen molar-refractivity contribution >= 4 is 21.8 Å². The van der Waals surface area contributed by atoms with E-state index in [2.05, 4.69) is 10.6 Å². The Bertz CT molecular complexity index is 1190. The summed E-state index contributed by atoms with van der Waals surface area (Å²) in [6.07, 6.45) is 0. The maximum Gasteiger partial charge on any atom is 0.338 e. The van der Waals surface area contributed by atoms with Crippen molar-refractivity contribution in [2.45, 2.75) is 38.6 Å². The van der Waals surface area contributed by atoms with Crippen LogP contribution in [0.15, 0.2) is 58.6 Å². The number of carbonyl (C=O) groups is 2. The first-order valence-corrected chi connectivity index (χ1v) is 12.3.